The second kappa shape index (κ2) is 6.48. The van der Waals surface area contributed by atoms with Crippen molar-refractivity contribution in [2.24, 2.45) is 5.73 Å². The monoisotopic (exact) mass is 277 g/mol. The molecule has 1 unspecified atom stereocenters. The SMILES string of the molecule is Cc1ccccc1CC(N)c1cccc(OC(F)F)c1. The number of ether oxygens (including phenoxy) is 1. The van der Waals surface area contributed by atoms with Crippen molar-refractivity contribution in [3.05, 3.63) is 65.2 Å². The van der Waals surface area contributed by atoms with Crippen molar-refractivity contribution < 1.29 is 13.5 Å². The van der Waals surface area contributed by atoms with E-state index in [2.05, 4.69) is 4.74 Å². The Morgan fingerprint density at radius 2 is 1.85 bits per heavy atom. The third-order valence-electron chi connectivity index (χ3n) is 3.21. The third-order valence-corrected chi connectivity index (χ3v) is 3.21. The van der Waals surface area contributed by atoms with E-state index in [1.165, 1.54) is 11.6 Å². The summed E-state index contributed by atoms with van der Waals surface area (Å²) in [5.74, 6) is 0.137. The lowest BCUT2D eigenvalue weighted by Crippen LogP contribution is -2.14. The van der Waals surface area contributed by atoms with Gasteiger partial charge in [0.1, 0.15) is 5.75 Å². The van der Waals surface area contributed by atoms with E-state index in [0.717, 1.165) is 11.1 Å². The standard InChI is InChI=1S/C16H17F2NO/c1-11-5-2-3-6-12(11)10-15(19)13-7-4-8-14(9-13)20-16(17)18/h2-9,15-16H,10,19H2,1H3. The molecule has 0 aromatic heterocycles. The Balaban J connectivity index is 2.13. The number of nitrogens with two attached hydrogens (primary N) is 1. The number of rotatable bonds is 5. The largest absolute Gasteiger partial charge is 0.435 e. The molecule has 0 heterocycles. The summed E-state index contributed by atoms with van der Waals surface area (Å²) >= 11 is 0. The van der Waals surface area contributed by atoms with Crippen LogP contribution in [0.5, 0.6) is 5.75 Å². The molecule has 0 aliphatic carbocycles. The number of alkyl halides is 2. The van der Waals surface area contributed by atoms with Gasteiger partial charge in [0.15, 0.2) is 0 Å². The van der Waals surface area contributed by atoms with Crippen molar-refractivity contribution in [1.29, 1.82) is 0 Å². The quantitative estimate of drug-likeness (QED) is 0.901. The fourth-order valence-corrected chi connectivity index (χ4v) is 2.12. The third kappa shape index (κ3) is 3.78. The molecule has 0 saturated carbocycles. The van der Waals surface area contributed by atoms with Crippen molar-refractivity contribution >= 4 is 0 Å². The topological polar surface area (TPSA) is 35.2 Å². The van der Waals surface area contributed by atoms with Crippen LogP contribution in [0.1, 0.15) is 22.7 Å². The lowest BCUT2D eigenvalue weighted by molar-refractivity contribution is -0.0498. The molecule has 0 radical (unpaired) electrons. The summed E-state index contributed by atoms with van der Waals surface area (Å²) in [6.45, 7) is -0.795. The average molecular weight is 277 g/mol. The van der Waals surface area contributed by atoms with Crippen LogP contribution >= 0.6 is 0 Å². The lowest BCUT2D eigenvalue weighted by Gasteiger charge is -2.15. The molecule has 0 amide bonds. The molecule has 0 aliphatic heterocycles. The number of halogens is 2. The van der Waals surface area contributed by atoms with E-state index in [9.17, 15) is 8.78 Å². The van der Waals surface area contributed by atoms with Crippen LogP contribution in [0.4, 0.5) is 8.78 Å². The maximum absolute atomic E-state index is 12.2. The molecule has 20 heavy (non-hydrogen) atoms. The molecule has 0 aliphatic rings. The molecule has 2 aromatic rings. The summed E-state index contributed by atoms with van der Waals surface area (Å²) in [6, 6.07) is 14.3. The zero-order valence-corrected chi connectivity index (χ0v) is 11.2. The van der Waals surface area contributed by atoms with E-state index in [1.54, 1.807) is 12.1 Å². The Kier molecular flexibility index (Phi) is 4.69. The molecular weight excluding hydrogens is 260 g/mol. The predicted molar refractivity (Wildman–Crippen MR) is 74.9 cm³/mol. The molecule has 2 aromatic carbocycles. The number of hydrogen-bond donors (Lipinski definition) is 1. The summed E-state index contributed by atoms with van der Waals surface area (Å²) in [7, 11) is 0. The van der Waals surface area contributed by atoms with Crippen LogP contribution in [0.2, 0.25) is 0 Å². The Morgan fingerprint density at radius 1 is 1.10 bits per heavy atom. The van der Waals surface area contributed by atoms with Gasteiger partial charge in [0.05, 0.1) is 0 Å². The molecule has 106 valence electrons. The molecule has 0 bridgehead atoms. The highest BCUT2D eigenvalue weighted by molar-refractivity contribution is 5.33. The minimum absolute atomic E-state index is 0.137. The van der Waals surface area contributed by atoms with Gasteiger partial charge in [0.25, 0.3) is 0 Å². The summed E-state index contributed by atoms with van der Waals surface area (Å²) < 4.78 is 28.8. The number of aryl methyl sites for hydroxylation is 1. The first kappa shape index (κ1) is 14.5. The van der Waals surface area contributed by atoms with Crippen molar-refractivity contribution in [3.63, 3.8) is 0 Å². The Morgan fingerprint density at radius 3 is 2.55 bits per heavy atom. The summed E-state index contributed by atoms with van der Waals surface area (Å²) in [5.41, 5.74) is 9.26. The summed E-state index contributed by atoms with van der Waals surface area (Å²) in [4.78, 5) is 0. The van der Waals surface area contributed by atoms with Crippen molar-refractivity contribution in [1.82, 2.24) is 0 Å². The predicted octanol–water partition coefficient (Wildman–Crippen LogP) is 3.84. The van der Waals surface area contributed by atoms with Gasteiger partial charge in [-0.2, -0.15) is 8.78 Å². The fourth-order valence-electron chi connectivity index (χ4n) is 2.12. The first-order valence-corrected chi connectivity index (χ1v) is 6.41. The van der Waals surface area contributed by atoms with E-state index >= 15 is 0 Å². The molecule has 0 saturated heterocycles. The minimum atomic E-state index is -2.82. The average Bonchev–Trinajstić information content (AvgIpc) is 2.41. The maximum Gasteiger partial charge on any atom is 0.387 e. The van der Waals surface area contributed by atoms with E-state index in [1.807, 2.05) is 37.3 Å². The van der Waals surface area contributed by atoms with Gasteiger partial charge in [0.2, 0.25) is 0 Å². The molecule has 2 nitrogen and oxygen atoms in total. The van der Waals surface area contributed by atoms with E-state index < -0.39 is 6.61 Å². The first-order valence-electron chi connectivity index (χ1n) is 6.41. The van der Waals surface area contributed by atoms with Gasteiger partial charge in [-0.05, 0) is 42.2 Å². The summed E-state index contributed by atoms with van der Waals surface area (Å²) in [5, 5.41) is 0. The van der Waals surface area contributed by atoms with E-state index in [4.69, 9.17) is 5.73 Å². The Labute approximate surface area is 117 Å². The van der Waals surface area contributed by atoms with Crippen LogP contribution in [0.3, 0.4) is 0 Å². The van der Waals surface area contributed by atoms with Crippen LogP contribution in [0, 0.1) is 6.92 Å². The molecule has 0 fully saturated rings. The second-order valence-corrected chi connectivity index (χ2v) is 4.69. The number of hydrogen-bond acceptors (Lipinski definition) is 2. The molecule has 2 N–H and O–H groups in total. The van der Waals surface area contributed by atoms with Crippen molar-refractivity contribution in [2.75, 3.05) is 0 Å². The normalized spacial score (nSPS) is 12.4. The van der Waals surface area contributed by atoms with Gasteiger partial charge < -0.3 is 10.5 Å². The molecular formula is C16H17F2NO. The zero-order chi connectivity index (χ0) is 14.5. The molecule has 2 rings (SSSR count). The van der Waals surface area contributed by atoms with Crippen LogP contribution in [-0.4, -0.2) is 6.61 Å². The van der Waals surface area contributed by atoms with Gasteiger partial charge >= 0.3 is 6.61 Å². The molecule has 0 spiro atoms. The van der Waals surface area contributed by atoms with Gasteiger partial charge in [-0.3, -0.25) is 0 Å². The van der Waals surface area contributed by atoms with Crippen LogP contribution in [-0.2, 0) is 6.42 Å². The molecule has 1 atom stereocenters. The second-order valence-electron chi connectivity index (χ2n) is 4.69. The molecule has 4 heteroatoms. The maximum atomic E-state index is 12.2. The van der Waals surface area contributed by atoms with Gasteiger partial charge in [0, 0.05) is 6.04 Å². The van der Waals surface area contributed by atoms with Crippen molar-refractivity contribution in [3.8, 4) is 5.75 Å². The summed E-state index contributed by atoms with van der Waals surface area (Å²) in [6.07, 6.45) is 0.658. The Bertz CT molecular complexity index is 572. The van der Waals surface area contributed by atoms with Crippen LogP contribution < -0.4 is 10.5 Å². The van der Waals surface area contributed by atoms with Crippen molar-refractivity contribution in [2.45, 2.75) is 26.0 Å². The number of benzene rings is 2. The van der Waals surface area contributed by atoms with Crippen LogP contribution in [0.25, 0.3) is 0 Å². The minimum Gasteiger partial charge on any atom is -0.435 e. The van der Waals surface area contributed by atoms with E-state index in [0.29, 0.717) is 6.42 Å². The highest BCUT2D eigenvalue weighted by atomic mass is 19.3. The van der Waals surface area contributed by atoms with Gasteiger partial charge in [-0.25, -0.2) is 0 Å². The van der Waals surface area contributed by atoms with Crippen LogP contribution in [0.15, 0.2) is 48.5 Å². The zero-order valence-electron chi connectivity index (χ0n) is 11.2. The lowest BCUT2D eigenvalue weighted by atomic mass is 9.97. The smallest absolute Gasteiger partial charge is 0.387 e. The highest BCUT2D eigenvalue weighted by Gasteiger charge is 2.11. The first-order chi connectivity index (χ1) is 9.56. The highest BCUT2D eigenvalue weighted by Crippen LogP contribution is 2.23. The van der Waals surface area contributed by atoms with Gasteiger partial charge in [-0.15, -0.1) is 0 Å². The Hall–Kier alpha value is -1.94. The van der Waals surface area contributed by atoms with Gasteiger partial charge in [-0.1, -0.05) is 36.4 Å². The fraction of sp³-hybridized carbons (Fsp3) is 0.250. The van der Waals surface area contributed by atoms with E-state index in [-0.39, 0.29) is 11.8 Å².